The van der Waals surface area contributed by atoms with E-state index in [1.807, 2.05) is 6.92 Å². The lowest BCUT2D eigenvalue weighted by Gasteiger charge is -2.12. The first-order valence-electron chi connectivity index (χ1n) is 6.99. The van der Waals surface area contributed by atoms with Crippen molar-refractivity contribution in [1.29, 1.82) is 0 Å². The highest BCUT2D eigenvalue weighted by Gasteiger charge is 2.19. The van der Waals surface area contributed by atoms with Crippen LogP contribution in [0.25, 0.3) is 11.0 Å². The van der Waals surface area contributed by atoms with Gasteiger partial charge in [0.25, 0.3) is 5.91 Å². The number of nitrogens with zero attached hydrogens (tertiary/aromatic N) is 3. The molecule has 0 unspecified atom stereocenters. The highest BCUT2D eigenvalue weighted by Crippen LogP contribution is 2.14. The molecule has 1 atom stereocenters. The molecule has 1 N–H and O–H groups in total. The molecule has 1 aromatic heterocycles. The van der Waals surface area contributed by atoms with Crippen molar-refractivity contribution in [2.45, 2.75) is 26.5 Å². The van der Waals surface area contributed by atoms with Crippen LogP contribution >= 0.6 is 0 Å². The minimum atomic E-state index is -0.880. The van der Waals surface area contributed by atoms with Gasteiger partial charge in [-0.15, -0.1) is 11.7 Å². The Morgan fingerprint density at radius 1 is 1.50 bits per heavy atom. The summed E-state index contributed by atoms with van der Waals surface area (Å²) in [6, 6.07) is 5.00. The molecule has 22 heavy (non-hydrogen) atoms. The second kappa shape index (κ2) is 6.84. The molecule has 7 heteroatoms. The van der Waals surface area contributed by atoms with Crippen LogP contribution < -0.4 is 5.32 Å². The number of aromatic nitrogens is 3. The maximum absolute atomic E-state index is 12.1. The lowest BCUT2D eigenvalue weighted by molar-refractivity contribution is -0.128. The fourth-order valence-electron chi connectivity index (χ4n) is 1.93. The van der Waals surface area contributed by atoms with E-state index in [4.69, 9.17) is 4.74 Å². The van der Waals surface area contributed by atoms with E-state index in [9.17, 15) is 9.59 Å². The van der Waals surface area contributed by atoms with Gasteiger partial charge < -0.3 is 10.1 Å². The number of hydrogen-bond donors (Lipinski definition) is 1. The lowest BCUT2D eigenvalue weighted by atomic mass is 10.2. The minimum Gasteiger partial charge on any atom is -0.449 e. The number of benzene rings is 1. The van der Waals surface area contributed by atoms with Gasteiger partial charge in [0.2, 0.25) is 0 Å². The number of carbonyl (C=O) groups is 2. The Balaban J connectivity index is 2.09. The first kappa shape index (κ1) is 15.7. The van der Waals surface area contributed by atoms with E-state index in [-0.39, 0.29) is 5.91 Å². The van der Waals surface area contributed by atoms with E-state index in [0.717, 1.165) is 5.52 Å². The average molecular weight is 302 g/mol. The third-order valence-corrected chi connectivity index (χ3v) is 3.12. The number of carbonyl (C=O) groups excluding carboxylic acids is 2. The zero-order chi connectivity index (χ0) is 16.1. The van der Waals surface area contributed by atoms with Crippen molar-refractivity contribution in [1.82, 2.24) is 20.3 Å². The maximum Gasteiger partial charge on any atom is 0.338 e. The Labute approximate surface area is 127 Å². The van der Waals surface area contributed by atoms with Gasteiger partial charge in [0.15, 0.2) is 6.10 Å². The van der Waals surface area contributed by atoms with Gasteiger partial charge in [-0.1, -0.05) is 11.3 Å². The third kappa shape index (κ3) is 3.30. The predicted molar refractivity (Wildman–Crippen MR) is 81.3 cm³/mol. The quantitative estimate of drug-likeness (QED) is 0.642. The molecule has 0 aliphatic rings. The van der Waals surface area contributed by atoms with Crippen molar-refractivity contribution in [2.75, 3.05) is 6.54 Å². The molecule has 2 rings (SSSR count). The van der Waals surface area contributed by atoms with Crippen molar-refractivity contribution in [2.24, 2.45) is 0 Å². The molecular formula is C15H18N4O3. The zero-order valence-electron chi connectivity index (χ0n) is 12.6. The summed E-state index contributed by atoms with van der Waals surface area (Å²) < 4.78 is 6.87. The molecule has 116 valence electrons. The molecule has 0 saturated carbocycles. The van der Waals surface area contributed by atoms with Gasteiger partial charge in [0.05, 0.1) is 11.1 Å². The van der Waals surface area contributed by atoms with Crippen LogP contribution in [0.5, 0.6) is 0 Å². The Morgan fingerprint density at radius 3 is 2.95 bits per heavy atom. The molecule has 0 spiro atoms. The largest absolute Gasteiger partial charge is 0.449 e. The third-order valence-electron chi connectivity index (χ3n) is 3.12. The molecule has 2 aromatic rings. The number of rotatable bonds is 6. The summed E-state index contributed by atoms with van der Waals surface area (Å²) in [4.78, 5) is 23.7. The van der Waals surface area contributed by atoms with Crippen LogP contribution in [0.3, 0.4) is 0 Å². The molecule has 0 fully saturated rings. The molecule has 7 nitrogen and oxygen atoms in total. The average Bonchev–Trinajstić information content (AvgIpc) is 2.94. The fraction of sp³-hybridized carbons (Fsp3) is 0.333. The van der Waals surface area contributed by atoms with Gasteiger partial charge in [-0.05, 0) is 32.0 Å². The summed E-state index contributed by atoms with van der Waals surface area (Å²) in [5.74, 6) is -0.944. The van der Waals surface area contributed by atoms with Crippen LogP contribution in [0.1, 0.15) is 24.2 Å². The smallest absolute Gasteiger partial charge is 0.338 e. The van der Waals surface area contributed by atoms with E-state index in [1.54, 1.807) is 29.0 Å². The zero-order valence-corrected chi connectivity index (χ0v) is 12.6. The molecule has 1 heterocycles. The van der Waals surface area contributed by atoms with E-state index < -0.39 is 12.1 Å². The van der Waals surface area contributed by atoms with Gasteiger partial charge in [-0.2, -0.15) is 0 Å². The molecule has 0 bridgehead atoms. The van der Waals surface area contributed by atoms with E-state index in [2.05, 4.69) is 22.2 Å². The van der Waals surface area contributed by atoms with Crippen LogP contribution in [-0.4, -0.2) is 39.5 Å². The first-order valence-corrected chi connectivity index (χ1v) is 6.99. The van der Waals surface area contributed by atoms with Crippen molar-refractivity contribution in [3.8, 4) is 0 Å². The number of aryl methyl sites for hydroxylation is 1. The Morgan fingerprint density at radius 2 is 2.27 bits per heavy atom. The number of amides is 1. The summed E-state index contributed by atoms with van der Waals surface area (Å²) in [6.45, 7) is 8.00. The molecule has 1 amide bonds. The predicted octanol–water partition coefficient (Wildman–Crippen LogP) is 1.30. The number of esters is 1. The molecular weight excluding hydrogens is 284 g/mol. The summed E-state index contributed by atoms with van der Waals surface area (Å²) in [5.41, 5.74) is 1.79. The lowest BCUT2D eigenvalue weighted by Crippen LogP contribution is -2.35. The van der Waals surface area contributed by atoms with Crippen LogP contribution in [0, 0.1) is 0 Å². The van der Waals surface area contributed by atoms with Crippen LogP contribution in [0.2, 0.25) is 0 Å². The number of nitrogens with one attached hydrogen (secondary N) is 1. The van der Waals surface area contributed by atoms with Gasteiger partial charge in [-0.3, -0.25) is 4.79 Å². The van der Waals surface area contributed by atoms with E-state index in [0.29, 0.717) is 24.2 Å². The summed E-state index contributed by atoms with van der Waals surface area (Å²) in [5, 5.41) is 10.5. The van der Waals surface area contributed by atoms with Gasteiger partial charge in [0, 0.05) is 13.1 Å². The Kier molecular flexibility index (Phi) is 4.88. The van der Waals surface area contributed by atoms with E-state index in [1.165, 1.54) is 6.92 Å². The van der Waals surface area contributed by atoms with E-state index >= 15 is 0 Å². The summed E-state index contributed by atoms with van der Waals surface area (Å²) in [6.07, 6.45) is 0.673. The topological polar surface area (TPSA) is 86.1 Å². The summed E-state index contributed by atoms with van der Waals surface area (Å²) >= 11 is 0. The van der Waals surface area contributed by atoms with Crippen molar-refractivity contribution < 1.29 is 14.3 Å². The monoisotopic (exact) mass is 302 g/mol. The number of hydrogen-bond acceptors (Lipinski definition) is 5. The standard InChI is InChI=1S/C15H18N4O3/c1-4-8-16-14(20)10(3)22-15(21)11-6-7-13-12(9-11)17-18-19(13)5-2/h4,6-7,9-10H,1,5,8H2,2-3H3,(H,16,20)/t10-/m1/s1. The number of ether oxygens (including phenoxy) is 1. The molecule has 0 aliphatic heterocycles. The van der Waals surface area contributed by atoms with Gasteiger partial charge >= 0.3 is 5.97 Å². The number of fused-ring (bicyclic) bond motifs is 1. The Bertz CT molecular complexity index is 708. The first-order chi connectivity index (χ1) is 10.6. The molecule has 1 aromatic carbocycles. The Hall–Kier alpha value is -2.70. The molecule has 0 saturated heterocycles. The van der Waals surface area contributed by atoms with Crippen LogP contribution in [0.4, 0.5) is 0 Å². The minimum absolute atomic E-state index is 0.326. The van der Waals surface area contributed by atoms with Crippen LogP contribution in [-0.2, 0) is 16.1 Å². The van der Waals surface area contributed by atoms with Crippen LogP contribution in [0.15, 0.2) is 30.9 Å². The second-order valence-electron chi connectivity index (χ2n) is 4.69. The second-order valence-corrected chi connectivity index (χ2v) is 4.69. The summed E-state index contributed by atoms with van der Waals surface area (Å²) in [7, 11) is 0. The van der Waals surface area contributed by atoms with Crippen molar-refractivity contribution in [3.63, 3.8) is 0 Å². The van der Waals surface area contributed by atoms with Gasteiger partial charge in [-0.25, -0.2) is 9.48 Å². The van der Waals surface area contributed by atoms with Crippen molar-refractivity contribution >= 4 is 22.9 Å². The van der Waals surface area contributed by atoms with Gasteiger partial charge in [0.1, 0.15) is 5.52 Å². The molecule has 0 radical (unpaired) electrons. The normalized spacial score (nSPS) is 11.9. The SMILES string of the molecule is C=CCNC(=O)[C@@H](C)OC(=O)c1ccc2c(c1)nnn2CC. The maximum atomic E-state index is 12.1. The van der Waals surface area contributed by atoms with Crippen molar-refractivity contribution in [3.05, 3.63) is 36.4 Å². The highest BCUT2D eigenvalue weighted by molar-refractivity contribution is 5.95. The highest BCUT2D eigenvalue weighted by atomic mass is 16.5. The molecule has 0 aliphatic carbocycles. The fourth-order valence-corrected chi connectivity index (χ4v) is 1.93.